The number of aliphatic hydroxyl groups excluding tert-OH is 1. The van der Waals surface area contributed by atoms with E-state index in [1.165, 1.54) is 95.1 Å². The Bertz CT molecular complexity index is 1110. The molecule has 0 heterocycles. The van der Waals surface area contributed by atoms with Gasteiger partial charge in [-0.2, -0.15) is 0 Å². The molecule has 0 fully saturated rings. The molecule has 0 saturated carbocycles. The SMILES string of the molecule is CC(C)=CCC/C(C)=C/CC/C(C)=C/CC/C(C)=C/CC/C(C)=C/CC/C(C)=C/CC/C(C)=C/CC/C(C)=C/CC/C(C)=C/CO.[Br-]. The van der Waals surface area contributed by atoms with E-state index in [0.29, 0.717) is 0 Å². The van der Waals surface area contributed by atoms with Crippen LogP contribution in [0.5, 0.6) is 0 Å². The first-order chi connectivity index (χ1) is 21.9. The maximum Gasteiger partial charge on any atom is 0.0614 e. The number of hydrogen-bond donors (Lipinski definition) is 1. The lowest BCUT2D eigenvalue weighted by Crippen LogP contribution is -3.00. The Kier molecular flexibility index (Phi) is 31.5. The highest BCUT2D eigenvalue weighted by Gasteiger charge is 1.97. The van der Waals surface area contributed by atoms with E-state index in [-0.39, 0.29) is 23.6 Å². The summed E-state index contributed by atoms with van der Waals surface area (Å²) in [5.41, 5.74) is 13.3. The monoisotopic (exact) mass is 709 g/mol. The molecule has 0 aromatic heterocycles. The molecule has 0 atom stereocenters. The minimum Gasteiger partial charge on any atom is -1.00 e. The van der Waals surface area contributed by atoms with Crippen molar-refractivity contribution in [2.45, 2.75) is 172 Å². The van der Waals surface area contributed by atoms with Crippen molar-refractivity contribution < 1.29 is 22.1 Å². The summed E-state index contributed by atoms with van der Waals surface area (Å²) in [4.78, 5) is 0. The molecule has 0 aliphatic rings. The Morgan fingerprint density at radius 1 is 0.298 bits per heavy atom. The minimum absolute atomic E-state index is 0. The lowest BCUT2D eigenvalue weighted by molar-refractivity contribution is -0.0000115. The smallest absolute Gasteiger partial charge is 0.0614 e. The Labute approximate surface area is 304 Å². The zero-order valence-corrected chi connectivity index (χ0v) is 34.1. The summed E-state index contributed by atoms with van der Waals surface area (Å²) in [5.74, 6) is 0. The highest BCUT2D eigenvalue weighted by molar-refractivity contribution is 5.10. The molecule has 0 bridgehead atoms. The molecule has 0 radical (unpaired) electrons. The molecular formula is C45H74BrO-. The third-order valence-corrected chi connectivity index (χ3v) is 8.75. The molecular weight excluding hydrogens is 636 g/mol. The number of halogens is 1. The molecule has 2 heteroatoms. The molecule has 268 valence electrons. The largest absolute Gasteiger partial charge is 1.00 e. The van der Waals surface area contributed by atoms with Crippen molar-refractivity contribution in [3.8, 4) is 0 Å². The molecule has 47 heavy (non-hydrogen) atoms. The lowest BCUT2D eigenvalue weighted by Gasteiger charge is -2.04. The van der Waals surface area contributed by atoms with Crippen LogP contribution in [0.15, 0.2) is 105 Å². The quantitative estimate of drug-likeness (QED) is 0.0935. The fourth-order valence-corrected chi connectivity index (χ4v) is 5.38. The number of rotatable bonds is 25. The van der Waals surface area contributed by atoms with Gasteiger partial charge in [0.25, 0.3) is 0 Å². The van der Waals surface area contributed by atoms with Crippen LogP contribution in [0, 0.1) is 0 Å². The Morgan fingerprint density at radius 2 is 0.468 bits per heavy atom. The standard InChI is InChI=1S/C45H74O.BrH/c1-37(2)19-11-20-38(3)21-12-22-39(4)23-13-24-40(5)25-14-26-41(6)27-15-28-42(7)29-16-30-43(8)31-17-32-44(9)33-18-34-45(10)35-36-46;/h19,21,23,25,27,29,31,33,35,46H,11-18,20,22,24,26,28,30,32,34,36H2,1-10H3;1H/p-1/b38-21+,39-23+,40-25+,41-27+,42-29+,43-31+,44-33+,45-35+;. The van der Waals surface area contributed by atoms with Crippen molar-refractivity contribution in [1.29, 1.82) is 0 Å². The molecule has 0 rings (SSSR count). The average Bonchev–Trinajstić information content (AvgIpc) is 2.97. The summed E-state index contributed by atoms with van der Waals surface area (Å²) in [7, 11) is 0. The molecule has 0 aliphatic heterocycles. The predicted molar refractivity (Wildman–Crippen MR) is 210 cm³/mol. The van der Waals surface area contributed by atoms with Gasteiger partial charge in [0.1, 0.15) is 0 Å². The molecule has 0 spiro atoms. The van der Waals surface area contributed by atoms with E-state index in [2.05, 4.69) is 118 Å². The van der Waals surface area contributed by atoms with Crippen LogP contribution in [-0.4, -0.2) is 11.7 Å². The van der Waals surface area contributed by atoms with Crippen molar-refractivity contribution in [3.05, 3.63) is 105 Å². The summed E-state index contributed by atoms with van der Waals surface area (Å²) < 4.78 is 0. The third kappa shape index (κ3) is 32.4. The van der Waals surface area contributed by atoms with E-state index in [0.717, 1.165) is 57.8 Å². The van der Waals surface area contributed by atoms with Crippen molar-refractivity contribution in [1.82, 2.24) is 0 Å². The van der Waals surface area contributed by atoms with E-state index in [9.17, 15) is 0 Å². The molecule has 0 amide bonds. The van der Waals surface area contributed by atoms with Gasteiger partial charge in [-0.3, -0.25) is 0 Å². The highest BCUT2D eigenvalue weighted by Crippen LogP contribution is 2.17. The molecule has 0 saturated heterocycles. The van der Waals surface area contributed by atoms with Crippen LogP contribution < -0.4 is 17.0 Å². The molecule has 0 aromatic carbocycles. The summed E-state index contributed by atoms with van der Waals surface area (Å²) >= 11 is 0. The van der Waals surface area contributed by atoms with Gasteiger partial charge in [-0.25, -0.2) is 0 Å². The van der Waals surface area contributed by atoms with Gasteiger partial charge < -0.3 is 22.1 Å². The molecule has 0 aromatic rings. The zero-order chi connectivity index (χ0) is 34.6. The maximum atomic E-state index is 8.96. The van der Waals surface area contributed by atoms with E-state index < -0.39 is 0 Å². The lowest BCUT2D eigenvalue weighted by atomic mass is 10.0. The zero-order valence-electron chi connectivity index (χ0n) is 32.5. The van der Waals surface area contributed by atoms with Gasteiger partial charge in [-0.15, -0.1) is 0 Å². The van der Waals surface area contributed by atoms with Crippen LogP contribution in [0.3, 0.4) is 0 Å². The first kappa shape index (κ1) is 47.2. The summed E-state index contributed by atoms with van der Waals surface area (Å²) in [6, 6.07) is 0. The molecule has 0 unspecified atom stereocenters. The number of hydrogen-bond acceptors (Lipinski definition) is 1. The number of allylic oxidation sites excluding steroid dienone is 17. The molecule has 1 nitrogen and oxygen atoms in total. The summed E-state index contributed by atoms with van der Waals surface area (Å²) in [6.45, 7) is 22.6. The second-order valence-electron chi connectivity index (χ2n) is 14.2. The van der Waals surface area contributed by atoms with Crippen molar-refractivity contribution in [3.63, 3.8) is 0 Å². The van der Waals surface area contributed by atoms with Gasteiger partial charge in [0.15, 0.2) is 0 Å². The Hall–Kier alpha value is -1.90. The van der Waals surface area contributed by atoms with E-state index >= 15 is 0 Å². The average molecular weight is 711 g/mol. The van der Waals surface area contributed by atoms with E-state index in [4.69, 9.17) is 5.11 Å². The van der Waals surface area contributed by atoms with Crippen LogP contribution in [-0.2, 0) is 0 Å². The van der Waals surface area contributed by atoms with Crippen molar-refractivity contribution in [2.24, 2.45) is 0 Å². The van der Waals surface area contributed by atoms with Gasteiger partial charge in [0.2, 0.25) is 0 Å². The van der Waals surface area contributed by atoms with Gasteiger partial charge >= 0.3 is 0 Å². The van der Waals surface area contributed by atoms with Gasteiger partial charge in [0.05, 0.1) is 6.61 Å². The first-order valence-electron chi connectivity index (χ1n) is 18.4. The van der Waals surface area contributed by atoms with Crippen LogP contribution in [0.4, 0.5) is 0 Å². The van der Waals surface area contributed by atoms with Gasteiger partial charge in [0, 0.05) is 0 Å². The molecule has 0 aliphatic carbocycles. The normalized spacial score (nSPS) is 14.4. The topological polar surface area (TPSA) is 20.2 Å². The third-order valence-electron chi connectivity index (χ3n) is 8.75. The van der Waals surface area contributed by atoms with Crippen molar-refractivity contribution >= 4 is 0 Å². The van der Waals surface area contributed by atoms with E-state index in [1.807, 2.05) is 6.08 Å². The fraction of sp³-hybridized carbons (Fsp3) is 0.600. The van der Waals surface area contributed by atoms with Gasteiger partial charge in [-0.1, -0.05) is 105 Å². The second kappa shape index (κ2) is 31.4. The van der Waals surface area contributed by atoms with Crippen LogP contribution in [0.1, 0.15) is 172 Å². The number of aliphatic hydroxyl groups is 1. The second-order valence-corrected chi connectivity index (χ2v) is 14.2. The Morgan fingerprint density at radius 3 is 0.638 bits per heavy atom. The predicted octanol–water partition coefficient (Wildman–Crippen LogP) is 11.8. The van der Waals surface area contributed by atoms with Gasteiger partial charge in [-0.05, 0) is 172 Å². The van der Waals surface area contributed by atoms with E-state index in [1.54, 1.807) is 0 Å². The maximum absolute atomic E-state index is 8.96. The first-order valence-corrected chi connectivity index (χ1v) is 18.4. The molecule has 1 N–H and O–H groups in total. The van der Waals surface area contributed by atoms with Crippen molar-refractivity contribution in [2.75, 3.05) is 6.61 Å². The van der Waals surface area contributed by atoms with Crippen LogP contribution >= 0.6 is 0 Å². The van der Waals surface area contributed by atoms with Crippen LogP contribution in [0.25, 0.3) is 0 Å². The highest BCUT2D eigenvalue weighted by atomic mass is 79.9. The Balaban J connectivity index is 0. The summed E-state index contributed by atoms with van der Waals surface area (Å²) in [6.07, 6.45) is 39.7. The summed E-state index contributed by atoms with van der Waals surface area (Å²) in [5, 5.41) is 8.96. The van der Waals surface area contributed by atoms with Crippen LogP contribution in [0.2, 0.25) is 0 Å². The minimum atomic E-state index is 0. The fourth-order valence-electron chi connectivity index (χ4n) is 5.38.